The number of pyridine rings is 1. The maximum absolute atomic E-state index is 6.27. The molecule has 0 fully saturated rings. The van der Waals surface area contributed by atoms with Crippen LogP contribution < -0.4 is 0 Å². The van der Waals surface area contributed by atoms with Crippen molar-refractivity contribution in [3.63, 3.8) is 0 Å². The molecule has 0 aliphatic rings. The topological polar surface area (TPSA) is 28.7 Å². The molecule has 0 atom stereocenters. The minimum atomic E-state index is 0.627. The number of aromatic nitrogens is 2. The van der Waals surface area contributed by atoms with E-state index in [-0.39, 0.29) is 0 Å². The number of nitrogens with zero attached hydrogens (tertiary/aromatic N) is 1. The van der Waals surface area contributed by atoms with Gasteiger partial charge in [-0.15, -0.1) is 0 Å². The molecule has 0 aliphatic heterocycles. The number of halogens is 2. The smallest absolute Gasteiger partial charge is 0.0661 e. The molecule has 0 saturated carbocycles. The molecule has 4 heteroatoms. The van der Waals surface area contributed by atoms with Crippen LogP contribution in [-0.4, -0.2) is 9.97 Å². The molecule has 1 N–H and O–H groups in total. The highest BCUT2D eigenvalue weighted by molar-refractivity contribution is 6.32. The van der Waals surface area contributed by atoms with Crippen LogP contribution in [0.25, 0.3) is 35.2 Å². The van der Waals surface area contributed by atoms with Crippen molar-refractivity contribution in [2.24, 2.45) is 0 Å². The summed E-state index contributed by atoms with van der Waals surface area (Å²) in [6, 6.07) is 17.9. The van der Waals surface area contributed by atoms with E-state index in [4.69, 9.17) is 23.2 Å². The monoisotopic (exact) mass is 390 g/mol. The lowest BCUT2D eigenvalue weighted by Gasteiger charge is -1.99. The first kappa shape index (κ1) is 17.6. The third kappa shape index (κ3) is 3.82. The molecule has 4 rings (SSSR count). The minimum Gasteiger partial charge on any atom is -0.355 e. The number of hydrogen-bond acceptors (Lipinski definition) is 1. The summed E-state index contributed by atoms with van der Waals surface area (Å²) >= 11 is 12.5. The first-order chi connectivity index (χ1) is 13.2. The molecule has 0 radical (unpaired) electrons. The highest BCUT2D eigenvalue weighted by atomic mass is 35.5. The summed E-state index contributed by atoms with van der Waals surface area (Å²) in [6.45, 7) is 0. The quantitative estimate of drug-likeness (QED) is 0.391. The van der Waals surface area contributed by atoms with Crippen molar-refractivity contribution in [1.82, 2.24) is 9.97 Å². The zero-order valence-corrected chi connectivity index (χ0v) is 15.9. The van der Waals surface area contributed by atoms with Crippen molar-refractivity contribution in [1.29, 1.82) is 0 Å². The van der Waals surface area contributed by atoms with Gasteiger partial charge in [-0.25, -0.2) is 0 Å². The fraction of sp³-hybridized carbons (Fsp3) is 0. The molecule has 27 heavy (non-hydrogen) atoms. The third-order valence-electron chi connectivity index (χ3n) is 4.34. The molecule has 0 aliphatic carbocycles. The normalized spacial score (nSPS) is 11.8. The molecule has 0 bridgehead atoms. The average Bonchev–Trinajstić information content (AvgIpc) is 3.04. The summed E-state index contributed by atoms with van der Waals surface area (Å²) in [6.07, 6.45) is 11.5. The van der Waals surface area contributed by atoms with Gasteiger partial charge in [-0.1, -0.05) is 77.8 Å². The van der Waals surface area contributed by atoms with Crippen LogP contribution in [0.4, 0.5) is 0 Å². The van der Waals surface area contributed by atoms with Crippen molar-refractivity contribution < 1.29 is 0 Å². The second-order valence-corrected chi connectivity index (χ2v) is 6.90. The van der Waals surface area contributed by atoms with E-state index in [1.165, 1.54) is 0 Å². The summed E-state index contributed by atoms with van der Waals surface area (Å²) in [5, 5.41) is 2.50. The molecule has 0 amide bonds. The molecule has 2 aromatic carbocycles. The number of nitrogens with one attached hydrogen (secondary N) is 1. The minimum absolute atomic E-state index is 0.627. The van der Waals surface area contributed by atoms with Crippen LogP contribution in [0.2, 0.25) is 10.0 Å². The van der Waals surface area contributed by atoms with E-state index >= 15 is 0 Å². The van der Waals surface area contributed by atoms with Crippen molar-refractivity contribution >= 4 is 58.4 Å². The Morgan fingerprint density at radius 1 is 0.741 bits per heavy atom. The maximum atomic E-state index is 6.27. The average molecular weight is 391 g/mol. The molecule has 2 heterocycles. The second kappa shape index (κ2) is 7.83. The van der Waals surface area contributed by atoms with Crippen molar-refractivity contribution in [3.8, 4) is 0 Å². The molecule has 0 spiro atoms. The van der Waals surface area contributed by atoms with Crippen molar-refractivity contribution in [3.05, 3.63) is 99.4 Å². The Morgan fingerprint density at radius 2 is 1.48 bits per heavy atom. The van der Waals surface area contributed by atoms with Gasteiger partial charge in [0.15, 0.2) is 0 Å². The molecule has 2 nitrogen and oxygen atoms in total. The lowest BCUT2D eigenvalue weighted by molar-refractivity contribution is 1.32. The highest BCUT2D eigenvalue weighted by Gasteiger charge is 2.07. The van der Waals surface area contributed by atoms with E-state index in [0.29, 0.717) is 5.02 Å². The van der Waals surface area contributed by atoms with Crippen LogP contribution in [-0.2, 0) is 0 Å². The van der Waals surface area contributed by atoms with Gasteiger partial charge in [0.2, 0.25) is 0 Å². The lowest BCUT2D eigenvalue weighted by Crippen LogP contribution is -1.80. The van der Waals surface area contributed by atoms with Gasteiger partial charge in [-0.3, -0.25) is 4.98 Å². The van der Waals surface area contributed by atoms with Gasteiger partial charge in [-0.05, 0) is 35.4 Å². The maximum Gasteiger partial charge on any atom is 0.0661 e. The molecule has 0 saturated heterocycles. The SMILES string of the molecule is Clc1ccccc1/C=C/c1[nH]c2ccccc2c1/C=C/c1ccncc1Cl. The number of hydrogen-bond donors (Lipinski definition) is 1. The van der Waals surface area contributed by atoms with Crippen LogP contribution in [0, 0.1) is 0 Å². The predicted octanol–water partition coefficient (Wildman–Crippen LogP) is 7.21. The fourth-order valence-electron chi connectivity index (χ4n) is 2.97. The number of para-hydroxylation sites is 1. The standard InChI is InChI=1S/C23H16Cl2N2/c24-20-7-3-1-5-16(20)10-12-23-19(18-6-2-4-8-22(18)27-23)11-9-17-13-14-26-15-21(17)25/h1-15,27H/b11-9+,12-10+. The Hall–Kier alpha value is -2.81. The summed E-state index contributed by atoms with van der Waals surface area (Å²) in [5.74, 6) is 0. The molecular formula is C23H16Cl2N2. The Bertz CT molecular complexity index is 1160. The molecule has 4 aromatic rings. The van der Waals surface area contributed by atoms with Crippen LogP contribution in [0.1, 0.15) is 22.4 Å². The third-order valence-corrected chi connectivity index (χ3v) is 5.00. The largest absolute Gasteiger partial charge is 0.355 e. The van der Waals surface area contributed by atoms with Crippen LogP contribution in [0.3, 0.4) is 0 Å². The summed E-state index contributed by atoms with van der Waals surface area (Å²) in [4.78, 5) is 7.51. The predicted molar refractivity (Wildman–Crippen MR) is 117 cm³/mol. The summed E-state index contributed by atoms with van der Waals surface area (Å²) in [7, 11) is 0. The summed E-state index contributed by atoms with van der Waals surface area (Å²) in [5.41, 5.74) is 5.10. The Morgan fingerprint density at radius 3 is 2.33 bits per heavy atom. The second-order valence-electron chi connectivity index (χ2n) is 6.08. The zero-order chi connectivity index (χ0) is 18.6. The van der Waals surface area contributed by atoms with E-state index in [1.807, 2.05) is 54.6 Å². The van der Waals surface area contributed by atoms with Crippen molar-refractivity contribution in [2.45, 2.75) is 0 Å². The van der Waals surface area contributed by atoms with Gasteiger partial charge in [0, 0.05) is 39.6 Å². The fourth-order valence-corrected chi connectivity index (χ4v) is 3.35. The lowest BCUT2D eigenvalue weighted by atomic mass is 10.1. The first-order valence-corrected chi connectivity index (χ1v) is 9.29. The Labute approximate surface area is 167 Å². The molecular weight excluding hydrogens is 375 g/mol. The van der Waals surface area contributed by atoms with E-state index in [0.717, 1.165) is 38.3 Å². The van der Waals surface area contributed by atoms with Gasteiger partial charge in [0.1, 0.15) is 0 Å². The van der Waals surface area contributed by atoms with Gasteiger partial charge < -0.3 is 4.98 Å². The first-order valence-electron chi connectivity index (χ1n) is 8.53. The summed E-state index contributed by atoms with van der Waals surface area (Å²) < 4.78 is 0. The van der Waals surface area contributed by atoms with Gasteiger partial charge >= 0.3 is 0 Å². The zero-order valence-electron chi connectivity index (χ0n) is 14.4. The van der Waals surface area contributed by atoms with Crippen LogP contribution in [0.15, 0.2) is 67.0 Å². The number of H-pyrrole nitrogens is 1. The van der Waals surface area contributed by atoms with Gasteiger partial charge in [-0.2, -0.15) is 0 Å². The van der Waals surface area contributed by atoms with Crippen LogP contribution >= 0.6 is 23.2 Å². The number of aromatic amines is 1. The highest BCUT2D eigenvalue weighted by Crippen LogP contribution is 2.27. The number of fused-ring (bicyclic) bond motifs is 1. The van der Waals surface area contributed by atoms with E-state index in [9.17, 15) is 0 Å². The van der Waals surface area contributed by atoms with E-state index in [2.05, 4.69) is 34.3 Å². The van der Waals surface area contributed by atoms with Gasteiger partial charge in [0.05, 0.1) is 5.02 Å². The van der Waals surface area contributed by atoms with Gasteiger partial charge in [0.25, 0.3) is 0 Å². The number of rotatable bonds is 4. The Kier molecular flexibility index (Phi) is 5.10. The van der Waals surface area contributed by atoms with E-state index < -0.39 is 0 Å². The molecule has 2 aromatic heterocycles. The van der Waals surface area contributed by atoms with Crippen LogP contribution in [0.5, 0.6) is 0 Å². The van der Waals surface area contributed by atoms with Crippen molar-refractivity contribution in [2.75, 3.05) is 0 Å². The van der Waals surface area contributed by atoms with E-state index in [1.54, 1.807) is 12.4 Å². The number of benzene rings is 2. The molecule has 132 valence electrons. The Balaban J connectivity index is 1.78. The molecule has 0 unspecified atom stereocenters.